The van der Waals surface area contributed by atoms with Crippen LogP contribution in [0.25, 0.3) is 5.65 Å². The van der Waals surface area contributed by atoms with Gasteiger partial charge in [-0.2, -0.15) is 4.68 Å². The van der Waals surface area contributed by atoms with E-state index in [-0.39, 0.29) is 17.2 Å². The number of amides is 1. The zero-order valence-corrected chi connectivity index (χ0v) is 10.4. The highest BCUT2D eigenvalue weighted by Gasteiger charge is 2.16. The number of halogens is 1. The zero-order valence-electron chi connectivity index (χ0n) is 8.21. The third-order valence-corrected chi connectivity index (χ3v) is 2.32. The number of carbonyl (C=O) groups excluding carboxylic acids is 1. The number of hydrogen-bond acceptors (Lipinski definition) is 5. The lowest BCUT2D eigenvalue weighted by Gasteiger charge is -1.98. The van der Waals surface area contributed by atoms with Gasteiger partial charge in [0.15, 0.2) is 11.3 Å². The van der Waals surface area contributed by atoms with E-state index in [0.717, 1.165) is 4.68 Å². The molecular weight excluding hydrogens is 327 g/mol. The Bertz CT molecular complexity index is 602. The molecule has 2 rings (SSSR count). The van der Waals surface area contributed by atoms with Crippen molar-refractivity contribution in [3.8, 4) is 0 Å². The van der Waals surface area contributed by atoms with E-state index in [1.54, 1.807) is 0 Å². The summed E-state index contributed by atoms with van der Waals surface area (Å²) in [6.45, 7) is 0. The summed E-state index contributed by atoms with van der Waals surface area (Å²) >= 11 is 1.99. The van der Waals surface area contributed by atoms with Gasteiger partial charge >= 0.3 is 5.69 Å². The first-order chi connectivity index (χ1) is 7.65. The fourth-order valence-electron chi connectivity index (χ4n) is 1.19. The van der Waals surface area contributed by atoms with Crippen LogP contribution in [0.1, 0.15) is 10.5 Å². The Balaban J connectivity index is 2.63. The fraction of sp³-hybridized carbons (Fsp3) is 0.286. The summed E-state index contributed by atoms with van der Waals surface area (Å²) < 4.78 is 2.69. The minimum absolute atomic E-state index is 0.0990. The molecule has 0 radical (unpaired) electrons. The Kier molecular flexibility index (Phi) is 2.85. The van der Waals surface area contributed by atoms with Crippen LogP contribution >= 0.6 is 22.6 Å². The minimum atomic E-state index is -0.397. The molecule has 0 atom stereocenters. The molecule has 0 bridgehead atoms. The summed E-state index contributed by atoms with van der Waals surface area (Å²) in [5.74, 6) is -0.376. The molecule has 0 saturated carbocycles. The van der Waals surface area contributed by atoms with Crippen molar-refractivity contribution in [2.24, 2.45) is 7.05 Å². The maximum Gasteiger partial charge on any atom is 0.352 e. The van der Waals surface area contributed by atoms with Crippen molar-refractivity contribution in [3.05, 3.63) is 22.5 Å². The van der Waals surface area contributed by atoms with E-state index in [2.05, 4.69) is 20.6 Å². The largest absolute Gasteiger partial charge is 0.352 e. The summed E-state index contributed by atoms with van der Waals surface area (Å²) in [6, 6.07) is 0. The molecule has 2 aromatic heterocycles. The molecule has 9 heteroatoms. The van der Waals surface area contributed by atoms with Gasteiger partial charge in [0.25, 0.3) is 5.91 Å². The number of aromatic nitrogens is 5. The summed E-state index contributed by atoms with van der Waals surface area (Å²) in [5, 5.41) is 9.92. The summed E-state index contributed by atoms with van der Waals surface area (Å²) in [7, 11) is 1.47. The molecule has 0 unspecified atom stereocenters. The van der Waals surface area contributed by atoms with Crippen molar-refractivity contribution in [2.75, 3.05) is 4.55 Å². The van der Waals surface area contributed by atoms with Gasteiger partial charge in [0.1, 0.15) is 6.33 Å². The molecule has 0 aliphatic rings. The topological polar surface area (TPSA) is 94.2 Å². The Labute approximate surface area is 103 Å². The summed E-state index contributed by atoms with van der Waals surface area (Å²) in [6.07, 6.45) is 1.26. The van der Waals surface area contributed by atoms with Crippen LogP contribution in [0, 0.1) is 0 Å². The smallest absolute Gasteiger partial charge is 0.342 e. The van der Waals surface area contributed by atoms with Crippen molar-refractivity contribution in [2.45, 2.75) is 0 Å². The van der Waals surface area contributed by atoms with Crippen LogP contribution in [0.5, 0.6) is 0 Å². The van der Waals surface area contributed by atoms with E-state index in [1.165, 1.54) is 17.8 Å². The average Bonchev–Trinajstić information content (AvgIpc) is 2.68. The highest BCUT2D eigenvalue weighted by Crippen LogP contribution is 2.02. The second kappa shape index (κ2) is 4.15. The number of fused-ring (bicyclic) bond motifs is 1. The number of carbonyl (C=O) groups is 1. The second-order valence-corrected chi connectivity index (χ2v) is 3.68. The predicted molar refractivity (Wildman–Crippen MR) is 62.4 cm³/mol. The highest BCUT2D eigenvalue weighted by atomic mass is 127. The van der Waals surface area contributed by atoms with Gasteiger partial charge < -0.3 is 5.32 Å². The van der Waals surface area contributed by atoms with Crippen molar-refractivity contribution < 1.29 is 4.79 Å². The molecule has 8 nitrogen and oxygen atoms in total. The Morgan fingerprint density at radius 1 is 1.62 bits per heavy atom. The minimum Gasteiger partial charge on any atom is -0.342 e. The molecule has 2 heterocycles. The van der Waals surface area contributed by atoms with Crippen LogP contribution in [0.15, 0.2) is 11.1 Å². The van der Waals surface area contributed by atoms with Crippen molar-refractivity contribution in [1.29, 1.82) is 0 Å². The van der Waals surface area contributed by atoms with E-state index in [0.29, 0.717) is 4.55 Å². The number of nitrogens with one attached hydrogen (secondary N) is 1. The maximum atomic E-state index is 11.6. The van der Waals surface area contributed by atoms with Gasteiger partial charge in [-0.3, -0.25) is 4.79 Å². The number of rotatable bonds is 2. The third kappa shape index (κ3) is 1.66. The molecule has 0 fully saturated rings. The standard InChI is InChI=1S/C7H7IN6O2/c1-13-7(16)14-3-10-4(5(14)11-12-13)6(15)9-2-8/h3H,2H2,1H3,(H,9,15). The number of aryl methyl sites for hydroxylation is 1. The molecule has 0 aliphatic heterocycles. The van der Waals surface area contributed by atoms with Crippen LogP contribution in [-0.2, 0) is 7.05 Å². The van der Waals surface area contributed by atoms with E-state index in [4.69, 9.17) is 0 Å². The maximum absolute atomic E-state index is 11.6. The van der Waals surface area contributed by atoms with E-state index in [9.17, 15) is 9.59 Å². The SMILES string of the molecule is Cn1nnc2c(C(=O)NCI)ncn2c1=O. The summed E-state index contributed by atoms with van der Waals surface area (Å²) in [4.78, 5) is 27.0. The van der Waals surface area contributed by atoms with Gasteiger partial charge in [-0.25, -0.2) is 14.2 Å². The zero-order chi connectivity index (χ0) is 11.7. The van der Waals surface area contributed by atoms with E-state index < -0.39 is 5.69 Å². The van der Waals surface area contributed by atoms with E-state index >= 15 is 0 Å². The lowest BCUT2D eigenvalue weighted by molar-refractivity contribution is 0.0959. The number of hydrogen-bond donors (Lipinski definition) is 1. The van der Waals surface area contributed by atoms with E-state index in [1.807, 2.05) is 22.6 Å². The first-order valence-corrected chi connectivity index (χ1v) is 5.79. The molecule has 0 aliphatic carbocycles. The highest BCUT2D eigenvalue weighted by molar-refractivity contribution is 14.1. The van der Waals surface area contributed by atoms with Gasteiger partial charge in [-0.15, -0.1) is 5.10 Å². The molecule has 16 heavy (non-hydrogen) atoms. The Morgan fingerprint density at radius 2 is 2.38 bits per heavy atom. The molecule has 0 aromatic carbocycles. The van der Waals surface area contributed by atoms with Gasteiger partial charge in [0, 0.05) is 7.05 Å². The quantitative estimate of drug-likeness (QED) is 0.430. The molecule has 0 saturated heterocycles. The summed E-state index contributed by atoms with van der Waals surface area (Å²) in [5.41, 5.74) is -0.140. The molecular formula is C7H7IN6O2. The normalized spacial score (nSPS) is 10.6. The number of alkyl halides is 1. The van der Waals surface area contributed by atoms with Crippen LogP contribution < -0.4 is 11.0 Å². The predicted octanol–water partition coefficient (Wildman–Crippen LogP) is -1.05. The average molecular weight is 334 g/mol. The van der Waals surface area contributed by atoms with Crippen LogP contribution in [0.2, 0.25) is 0 Å². The third-order valence-electron chi connectivity index (χ3n) is 1.94. The van der Waals surface area contributed by atoms with Gasteiger partial charge in [-0.05, 0) is 0 Å². The van der Waals surface area contributed by atoms with Crippen molar-refractivity contribution >= 4 is 34.1 Å². The number of nitrogens with zero attached hydrogens (tertiary/aromatic N) is 5. The molecule has 2 aromatic rings. The molecule has 0 spiro atoms. The van der Waals surface area contributed by atoms with Crippen LogP contribution in [-0.4, -0.2) is 34.8 Å². The Hall–Kier alpha value is -1.52. The fourth-order valence-corrected chi connectivity index (χ4v) is 1.53. The second-order valence-electron chi connectivity index (χ2n) is 2.92. The van der Waals surface area contributed by atoms with Crippen LogP contribution in [0.4, 0.5) is 0 Å². The lowest BCUT2D eigenvalue weighted by Crippen LogP contribution is -2.28. The van der Waals surface area contributed by atoms with Crippen molar-refractivity contribution in [3.63, 3.8) is 0 Å². The first-order valence-electron chi connectivity index (χ1n) is 4.26. The van der Waals surface area contributed by atoms with Gasteiger partial charge in [0.2, 0.25) is 0 Å². The van der Waals surface area contributed by atoms with Crippen molar-refractivity contribution in [1.82, 2.24) is 29.7 Å². The number of imidazole rings is 1. The molecule has 84 valence electrons. The first kappa shape index (κ1) is 11.0. The van der Waals surface area contributed by atoms with Crippen LogP contribution in [0.3, 0.4) is 0 Å². The molecule has 1 N–H and O–H groups in total. The van der Waals surface area contributed by atoms with Gasteiger partial charge in [-0.1, -0.05) is 27.8 Å². The van der Waals surface area contributed by atoms with Gasteiger partial charge in [0.05, 0.1) is 4.55 Å². The lowest BCUT2D eigenvalue weighted by atomic mass is 10.4. The molecule has 1 amide bonds. The Morgan fingerprint density at radius 3 is 3.06 bits per heavy atom. The monoisotopic (exact) mass is 334 g/mol.